The number of nitrogens with zero attached hydrogens (tertiary/aromatic N) is 3. The van der Waals surface area contributed by atoms with Crippen molar-refractivity contribution in [3.63, 3.8) is 0 Å². The predicted octanol–water partition coefficient (Wildman–Crippen LogP) is 2.73. The number of fused-ring (bicyclic) bond motifs is 1. The normalized spacial score (nSPS) is 15.5. The Balaban J connectivity index is 1.43. The van der Waals surface area contributed by atoms with Crippen molar-refractivity contribution >= 4 is 17.0 Å². The maximum atomic E-state index is 12.7. The van der Waals surface area contributed by atoms with E-state index in [1.54, 1.807) is 14.0 Å². The number of rotatable bonds is 5. The third kappa shape index (κ3) is 4.12. The van der Waals surface area contributed by atoms with E-state index in [0.29, 0.717) is 11.5 Å². The van der Waals surface area contributed by atoms with Crippen molar-refractivity contribution < 1.29 is 13.6 Å². The van der Waals surface area contributed by atoms with E-state index in [0.717, 1.165) is 25.4 Å². The predicted molar refractivity (Wildman–Crippen MR) is 108 cm³/mol. The first-order valence-corrected chi connectivity index (χ1v) is 10.1. The molecular formula is C21H26N4O4. The minimum absolute atomic E-state index is 0.175. The molecule has 0 radical (unpaired) electrons. The second-order valence-corrected chi connectivity index (χ2v) is 7.62. The summed E-state index contributed by atoms with van der Waals surface area (Å²) >= 11 is 0. The van der Waals surface area contributed by atoms with Crippen LogP contribution >= 0.6 is 0 Å². The highest BCUT2D eigenvalue weighted by atomic mass is 16.3. The number of furan rings is 2. The molecule has 8 heteroatoms. The van der Waals surface area contributed by atoms with E-state index in [1.165, 1.54) is 36.6 Å². The van der Waals surface area contributed by atoms with Crippen molar-refractivity contribution in [2.24, 2.45) is 7.05 Å². The zero-order chi connectivity index (χ0) is 20.4. The molecule has 3 aromatic heterocycles. The molecule has 0 unspecified atom stereocenters. The van der Waals surface area contributed by atoms with E-state index in [-0.39, 0.29) is 34.7 Å². The van der Waals surface area contributed by atoms with Crippen LogP contribution in [0.1, 0.15) is 53.3 Å². The topological polar surface area (TPSA) is 93.5 Å². The summed E-state index contributed by atoms with van der Waals surface area (Å²) in [6.45, 7) is 4.89. The van der Waals surface area contributed by atoms with E-state index >= 15 is 0 Å². The number of aryl methyl sites for hydroxylation is 2. The molecule has 154 valence electrons. The number of hydrogen-bond acceptors (Lipinski definition) is 6. The molecule has 0 aromatic carbocycles. The summed E-state index contributed by atoms with van der Waals surface area (Å²) in [5.74, 6) is 1.57. The number of hydrogen-bond donors (Lipinski definition) is 1. The van der Waals surface area contributed by atoms with Crippen LogP contribution in [0.4, 0.5) is 0 Å². The molecule has 1 amide bonds. The molecule has 1 fully saturated rings. The minimum atomic E-state index is -0.378. The van der Waals surface area contributed by atoms with E-state index in [4.69, 9.17) is 8.83 Å². The molecule has 8 nitrogen and oxygen atoms in total. The second-order valence-electron chi connectivity index (χ2n) is 7.62. The van der Waals surface area contributed by atoms with Gasteiger partial charge in [0.25, 0.3) is 11.5 Å². The van der Waals surface area contributed by atoms with Crippen LogP contribution in [0.3, 0.4) is 0 Å². The maximum Gasteiger partial charge on any atom is 0.265 e. The van der Waals surface area contributed by atoms with E-state index in [1.807, 2.05) is 12.1 Å². The fourth-order valence-corrected chi connectivity index (χ4v) is 3.83. The molecule has 4 heterocycles. The molecule has 1 saturated heterocycles. The highest BCUT2D eigenvalue weighted by Gasteiger charge is 2.22. The van der Waals surface area contributed by atoms with Crippen LogP contribution < -0.4 is 10.9 Å². The molecule has 1 aliphatic rings. The number of nitrogens with one attached hydrogen (secondary N) is 1. The first-order chi connectivity index (χ1) is 14.0. The fourth-order valence-electron chi connectivity index (χ4n) is 3.83. The molecule has 0 aliphatic carbocycles. The van der Waals surface area contributed by atoms with Gasteiger partial charge in [0.05, 0.1) is 18.7 Å². The van der Waals surface area contributed by atoms with Crippen molar-refractivity contribution in [2.75, 3.05) is 13.1 Å². The Bertz CT molecular complexity index is 1070. The molecule has 29 heavy (non-hydrogen) atoms. The highest BCUT2D eigenvalue weighted by Crippen LogP contribution is 2.21. The van der Waals surface area contributed by atoms with Crippen LogP contribution in [0.15, 0.2) is 32.1 Å². The van der Waals surface area contributed by atoms with Gasteiger partial charge in [0.15, 0.2) is 0 Å². The Morgan fingerprint density at radius 3 is 2.62 bits per heavy atom. The lowest BCUT2D eigenvalue weighted by molar-refractivity contribution is 0.0947. The summed E-state index contributed by atoms with van der Waals surface area (Å²) < 4.78 is 12.7. The Labute approximate surface area is 168 Å². The number of likely N-dealkylation sites (tertiary alicyclic amines) is 1. The van der Waals surface area contributed by atoms with E-state index in [9.17, 15) is 9.59 Å². The van der Waals surface area contributed by atoms with Crippen molar-refractivity contribution in [3.8, 4) is 0 Å². The van der Waals surface area contributed by atoms with Crippen LogP contribution in [0.2, 0.25) is 0 Å². The van der Waals surface area contributed by atoms with Gasteiger partial charge in [-0.25, -0.2) is 4.98 Å². The second kappa shape index (κ2) is 8.24. The van der Waals surface area contributed by atoms with Crippen LogP contribution in [0.25, 0.3) is 11.1 Å². The van der Waals surface area contributed by atoms with Gasteiger partial charge < -0.3 is 18.7 Å². The van der Waals surface area contributed by atoms with Gasteiger partial charge in [-0.1, -0.05) is 12.8 Å². The lowest BCUT2D eigenvalue weighted by atomic mass is 10.2. The highest BCUT2D eigenvalue weighted by molar-refractivity contribution is 6.06. The number of carbonyl (C=O) groups excluding carboxylic acids is 1. The molecule has 1 N–H and O–H groups in total. The molecule has 0 saturated carbocycles. The van der Waals surface area contributed by atoms with Crippen molar-refractivity contribution in [1.29, 1.82) is 0 Å². The first kappa shape index (κ1) is 19.4. The summed E-state index contributed by atoms with van der Waals surface area (Å²) in [5.41, 5.74) is 0.0910. The average Bonchev–Trinajstić information content (AvgIpc) is 3.19. The largest absolute Gasteiger partial charge is 0.463 e. The Hall–Kier alpha value is -2.87. The zero-order valence-electron chi connectivity index (χ0n) is 16.9. The zero-order valence-corrected chi connectivity index (χ0v) is 16.9. The maximum absolute atomic E-state index is 12.7. The third-order valence-electron chi connectivity index (χ3n) is 5.39. The van der Waals surface area contributed by atoms with Crippen molar-refractivity contribution in [1.82, 2.24) is 19.8 Å². The fraction of sp³-hybridized carbons (Fsp3) is 0.476. The van der Waals surface area contributed by atoms with Crippen molar-refractivity contribution in [3.05, 3.63) is 51.7 Å². The van der Waals surface area contributed by atoms with Gasteiger partial charge in [0.2, 0.25) is 5.71 Å². The number of amides is 1. The van der Waals surface area contributed by atoms with Crippen LogP contribution in [-0.4, -0.2) is 33.4 Å². The molecule has 0 spiro atoms. The van der Waals surface area contributed by atoms with Gasteiger partial charge in [0.1, 0.15) is 29.0 Å². The van der Waals surface area contributed by atoms with Crippen molar-refractivity contribution in [2.45, 2.75) is 45.7 Å². The summed E-state index contributed by atoms with van der Waals surface area (Å²) in [6, 6.07) is 3.85. The van der Waals surface area contributed by atoms with E-state index < -0.39 is 0 Å². The molecule has 4 rings (SSSR count). The van der Waals surface area contributed by atoms with Gasteiger partial charge in [0, 0.05) is 7.05 Å². The quantitative estimate of drug-likeness (QED) is 0.710. The summed E-state index contributed by atoms with van der Waals surface area (Å²) in [4.78, 5) is 31.7. The number of aromatic nitrogens is 2. The third-order valence-corrected chi connectivity index (χ3v) is 5.39. The molecular weight excluding hydrogens is 372 g/mol. The Kier molecular flexibility index (Phi) is 5.53. The Morgan fingerprint density at radius 1 is 1.14 bits per heavy atom. The molecule has 1 aliphatic heterocycles. The molecule has 0 bridgehead atoms. The van der Waals surface area contributed by atoms with Gasteiger partial charge in [-0.05, 0) is 45.0 Å². The lowest BCUT2D eigenvalue weighted by Gasteiger charge is -2.17. The summed E-state index contributed by atoms with van der Waals surface area (Å²) in [5, 5.41) is 3.03. The lowest BCUT2D eigenvalue weighted by Crippen LogP contribution is -2.25. The monoisotopic (exact) mass is 398 g/mol. The van der Waals surface area contributed by atoms with Gasteiger partial charge >= 0.3 is 0 Å². The minimum Gasteiger partial charge on any atom is -0.463 e. The summed E-state index contributed by atoms with van der Waals surface area (Å²) in [7, 11) is 1.59. The van der Waals surface area contributed by atoms with Gasteiger partial charge in [-0.2, -0.15) is 0 Å². The molecule has 0 atom stereocenters. The first-order valence-electron chi connectivity index (χ1n) is 10.1. The smallest absolute Gasteiger partial charge is 0.265 e. The van der Waals surface area contributed by atoms with Crippen LogP contribution in [0, 0.1) is 6.92 Å². The van der Waals surface area contributed by atoms with Crippen LogP contribution in [-0.2, 0) is 20.1 Å². The number of carbonyl (C=O) groups is 1. The average molecular weight is 398 g/mol. The van der Waals surface area contributed by atoms with Crippen LogP contribution in [0.5, 0.6) is 0 Å². The SMILES string of the molecule is Cc1oc2ncn(C)c(=O)c2c1C(=O)NCc1ccc(CN2CCCCCC2)o1. The summed E-state index contributed by atoms with van der Waals surface area (Å²) in [6.07, 6.45) is 6.44. The Morgan fingerprint density at radius 2 is 1.86 bits per heavy atom. The van der Waals surface area contributed by atoms with Gasteiger partial charge in [-0.15, -0.1) is 0 Å². The van der Waals surface area contributed by atoms with E-state index in [2.05, 4.69) is 15.2 Å². The standard InChI is InChI=1S/C21H26N4O4/c1-14-17(18-20(28-14)23-13-24(2)21(18)27)19(26)22-11-15-7-8-16(29-15)12-25-9-5-3-4-6-10-25/h7-8,13H,3-6,9-12H2,1-2H3,(H,22,26). The van der Waals surface area contributed by atoms with Gasteiger partial charge in [-0.3, -0.25) is 14.5 Å². The molecule has 3 aromatic rings.